The van der Waals surface area contributed by atoms with Crippen LogP contribution in [0.1, 0.15) is 47.1 Å². The molecule has 0 spiro atoms. The summed E-state index contributed by atoms with van der Waals surface area (Å²) in [6.07, 6.45) is 1.32. The van der Waals surface area contributed by atoms with E-state index in [2.05, 4.69) is 239 Å². The Balaban J connectivity index is 0.976. The van der Waals surface area contributed by atoms with Crippen molar-refractivity contribution < 1.29 is 4.92 Å². The van der Waals surface area contributed by atoms with Gasteiger partial charge in [-0.05, 0) is 137 Å². The number of rotatable bonds is 21. The summed E-state index contributed by atoms with van der Waals surface area (Å²) in [5.41, 5.74) is 7.57. The first kappa shape index (κ1) is 51.8. The normalized spacial score (nSPS) is 11.5. The molecule has 0 radical (unpaired) electrons. The van der Waals surface area contributed by atoms with Crippen LogP contribution in [0.4, 0.5) is 5.69 Å². The van der Waals surface area contributed by atoms with E-state index in [0.717, 1.165) is 40.2 Å². The SMILES string of the molecule is O=[N+]([O-])c1ccc(SCc2ccc(C(SCc3ccc(C(Sc4ccc(Br)cc4)Sc4ccc(Br)cc4)cc3)SCc3ccc(C(Sc4ccc(Br)cc4)Sc4ccc(Br)cc4)cc3)cc2)nc1. The van der Waals surface area contributed by atoms with Crippen LogP contribution in [0.2, 0.25) is 0 Å². The van der Waals surface area contributed by atoms with Crippen LogP contribution in [0.3, 0.4) is 0 Å². The molecule has 0 bridgehead atoms. The molecule has 0 aliphatic heterocycles. The molecule has 8 rings (SSSR count). The molecule has 1 aromatic heterocycles. The molecule has 68 heavy (non-hydrogen) atoms. The monoisotopic (exact) mass is 1280 g/mol. The first-order chi connectivity index (χ1) is 33.1. The minimum Gasteiger partial charge on any atom is -0.258 e. The number of hydrogen-bond donors (Lipinski definition) is 0. The van der Waals surface area contributed by atoms with Crippen molar-refractivity contribution in [3.8, 4) is 0 Å². The van der Waals surface area contributed by atoms with Gasteiger partial charge in [0.1, 0.15) is 6.20 Å². The van der Waals surface area contributed by atoms with Crippen molar-refractivity contribution in [2.45, 2.75) is 55.6 Å². The van der Waals surface area contributed by atoms with Crippen LogP contribution in [0, 0.1) is 10.1 Å². The number of hydrogen-bond acceptors (Lipinski definition) is 10. The molecule has 15 heteroatoms. The predicted molar refractivity (Wildman–Crippen MR) is 311 cm³/mol. The number of thioether (sulfide) groups is 7. The zero-order chi connectivity index (χ0) is 47.2. The lowest BCUT2D eigenvalue weighted by molar-refractivity contribution is -0.385. The maximum absolute atomic E-state index is 11.1. The Labute approximate surface area is 461 Å². The first-order valence-corrected chi connectivity index (χ1v) is 30.8. The molecule has 0 fully saturated rings. The van der Waals surface area contributed by atoms with Gasteiger partial charge in [-0.3, -0.25) is 10.1 Å². The Morgan fingerprint density at radius 3 is 1.04 bits per heavy atom. The zero-order valence-electron chi connectivity index (χ0n) is 35.8. The molecule has 7 aromatic carbocycles. The zero-order valence-corrected chi connectivity index (χ0v) is 47.9. The molecule has 8 aromatic rings. The molecule has 0 aliphatic carbocycles. The Bertz CT molecular complexity index is 2610. The third kappa shape index (κ3) is 16.0. The highest BCUT2D eigenvalue weighted by atomic mass is 79.9. The van der Waals surface area contributed by atoms with Crippen molar-refractivity contribution in [3.63, 3.8) is 0 Å². The Morgan fingerprint density at radius 1 is 0.412 bits per heavy atom. The van der Waals surface area contributed by atoms with Crippen LogP contribution in [-0.4, -0.2) is 9.91 Å². The summed E-state index contributed by atoms with van der Waals surface area (Å²) in [4.78, 5) is 19.9. The quantitative estimate of drug-likeness (QED) is 0.0301. The number of nitrogens with zero attached hydrogens (tertiary/aromatic N) is 2. The van der Waals surface area contributed by atoms with Crippen molar-refractivity contribution in [2.24, 2.45) is 0 Å². The largest absolute Gasteiger partial charge is 0.287 e. The van der Waals surface area contributed by atoms with Gasteiger partial charge in [0.05, 0.1) is 23.7 Å². The minimum atomic E-state index is -0.420. The standard InChI is InChI=1S/C53H40Br4N2O2S7/c54-41-13-22-46(23-14-41)65-52(66-47-24-15-42(55)16-25-47)39-9-3-36(4-10-39)33-63-51(38-7-1-35(2-8-38)32-62-50-30-21-45(31-58-50)59(60)61)64-34-37-5-11-40(12-6-37)53(67-48-26-17-43(56)18-27-48)68-49-28-19-44(57)20-29-49/h1-31,51-53H,32-34H2. The summed E-state index contributed by atoms with van der Waals surface area (Å²) in [5, 5.41) is 11.9. The summed E-state index contributed by atoms with van der Waals surface area (Å²) < 4.78 is 4.84. The van der Waals surface area contributed by atoms with Gasteiger partial charge in [0.15, 0.2) is 0 Å². The van der Waals surface area contributed by atoms with E-state index in [-0.39, 0.29) is 19.4 Å². The Morgan fingerprint density at radius 2 is 0.735 bits per heavy atom. The first-order valence-electron chi connectivity index (χ1n) is 21.0. The number of aromatic nitrogens is 1. The highest BCUT2D eigenvalue weighted by Gasteiger charge is 2.19. The van der Waals surface area contributed by atoms with Crippen molar-refractivity contribution in [3.05, 3.63) is 250 Å². The average molecular weight is 1280 g/mol. The van der Waals surface area contributed by atoms with E-state index >= 15 is 0 Å². The second kappa shape index (κ2) is 26.2. The van der Waals surface area contributed by atoms with Gasteiger partial charge in [-0.25, -0.2) is 4.98 Å². The molecular formula is C53H40Br4N2O2S7. The molecule has 4 nitrogen and oxygen atoms in total. The van der Waals surface area contributed by atoms with Gasteiger partial charge in [0.25, 0.3) is 5.69 Å². The van der Waals surface area contributed by atoms with Crippen LogP contribution in [-0.2, 0) is 17.3 Å². The maximum Gasteiger partial charge on any atom is 0.287 e. The lowest BCUT2D eigenvalue weighted by Gasteiger charge is -2.20. The average Bonchev–Trinajstić information content (AvgIpc) is 3.36. The van der Waals surface area contributed by atoms with E-state index in [9.17, 15) is 10.1 Å². The predicted octanol–water partition coefficient (Wildman–Crippen LogP) is 20.4. The van der Waals surface area contributed by atoms with Gasteiger partial charge in [-0.1, -0.05) is 137 Å². The third-order valence-electron chi connectivity index (χ3n) is 10.1. The van der Waals surface area contributed by atoms with E-state index in [1.807, 2.05) is 70.6 Å². The smallest absolute Gasteiger partial charge is 0.258 e. The molecule has 0 aliphatic rings. The van der Waals surface area contributed by atoms with Crippen LogP contribution in [0.5, 0.6) is 0 Å². The number of halogens is 4. The van der Waals surface area contributed by atoms with Gasteiger partial charge < -0.3 is 0 Å². The van der Waals surface area contributed by atoms with Gasteiger partial charge in [0.2, 0.25) is 0 Å². The minimum absolute atomic E-state index is 0.00198. The summed E-state index contributed by atoms with van der Waals surface area (Å²) in [7, 11) is 0. The van der Waals surface area contributed by atoms with E-state index in [1.165, 1.54) is 65.2 Å². The molecule has 0 N–H and O–H groups in total. The maximum atomic E-state index is 11.1. The molecule has 0 unspecified atom stereocenters. The second-order valence-electron chi connectivity index (χ2n) is 15.0. The summed E-state index contributed by atoms with van der Waals surface area (Å²) in [6.45, 7) is 0. The molecule has 0 amide bonds. The van der Waals surface area contributed by atoms with Crippen LogP contribution in [0.25, 0.3) is 0 Å². The lowest BCUT2D eigenvalue weighted by atomic mass is 10.2. The van der Waals surface area contributed by atoms with Crippen molar-refractivity contribution in [1.29, 1.82) is 0 Å². The second-order valence-corrected chi connectivity index (χ2v) is 27.5. The van der Waals surface area contributed by atoms with E-state index in [4.69, 9.17) is 0 Å². The fourth-order valence-electron chi connectivity index (χ4n) is 6.49. The van der Waals surface area contributed by atoms with Crippen LogP contribution in [0.15, 0.2) is 231 Å². The third-order valence-corrected chi connectivity index (χ3v) is 21.5. The molecule has 344 valence electrons. The van der Waals surface area contributed by atoms with Gasteiger partial charge in [-0.15, -0.1) is 82.3 Å². The molecular weight excluding hydrogens is 1240 g/mol. The van der Waals surface area contributed by atoms with Gasteiger partial charge >= 0.3 is 0 Å². The molecule has 0 atom stereocenters. The van der Waals surface area contributed by atoms with E-state index in [1.54, 1.807) is 17.8 Å². The molecule has 0 saturated carbocycles. The summed E-state index contributed by atoms with van der Waals surface area (Å²) in [5.74, 6) is 2.46. The number of benzene rings is 7. The van der Waals surface area contributed by atoms with E-state index < -0.39 is 4.92 Å². The molecule has 0 saturated heterocycles. The van der Waals surface area contributed by atoms with Gasteiger partial charge in [0, 0.05) is 60.8 Å². The fraction of sp³-hybridized carbons (Fsp3) is 0.113. The van der Waals surface area contributed by atoms with Crippen LogP contribution < -0.4 is 0 Å². The van der Waals surface area contributed by atoms with E-state index in [0.29, 0.717) is 0 Å². The topological polar surface area (TPSA) is 56.0 Å². The lowest BCUT2D eigenvalue weighted by Crippen LogP contribution is -1.95. The van der Waals surface area contributed by atoms with Gasteiger partial charge in [-0.2, -0.15) is 0 Å². The summed E-state index contributed by atoms with van der Waals surface area (Å²) >= 11 is 27.4. The fourth-order valence-corrected chi connectivity index (χ4v) is 16.0. The van der Waals surface area contributed by atoms with Crippen molar-refractivity contribution in [1.82, 2.24) is 4.98 Å². The summed E-state index contributed by atoms with van der Waals surface area (Å²) in [6, 6.07) is 64.7. The number of nitro groups is 1. The van der Waals surface area contributed by atoms with Crippen molar-refractivity contribution >= 4 is 152 Å². The highest BCUT2D eigenvalue weighted by Crippen LogP contribution is 2.50. The van der Waals surface area contributed by atoms with Crippen molar-refractivity contribution in [2.75, 3.05) is 0 Å². The molecule has 1 heterocycles. The van der Waals surface area contributed by atoms with Crippen LogP contribution >= 0.6 is 146 Å². The number of pyridine rings is 1. The Hall–Kier alpha value is -2.54. The Kier molecular flexibility index (Phi) is 20.0. The highest BCUT2D eigenvalue weighted by molar-refractivity contribution is 9.11.